The van der Waals surface area contributed by atoms with Crippen LogP contribution in [0.15, 0.2) is 29.2 Å². The van der Waals surface area contributed by atoms with E-state index in [9.17, 15) is 18.0 Å². The molecule has 1 aromatic carbocycles. The van der Waals surface area contributed by atoms with Crippen LogP contribution < -0.4 is 5.32 Å². The Balaban J connectivity index is 2.62. The van der Waals surface area contributed by atoms with Crippen molar-refractivity contribution in [2.24, 2.45) is 0 Å². The van der Waals surface area contributed by atoms with Gasteiger partial charge in [0, 0.05) is 26.1 Å². The van der Waals surface area contributed by atoms with Gasteiger partial charge in [-0.05, 0) is 17.7 Å². The molecule has 0 fully saturated rings. The largest absolute Gasteiger partial charge is 0.456 e. The number of carbonyl (C=O) groups excluding carboxylic acids is 2. The first-order chi connectivity index (χ1) is 11.3. The molecular formula is C16H24N2O5S. The van der Waals surface area contributed by atoms with Gasteiger partial charge in [0.25, 0.3) is 5.91 Å². The third kappa shape index (κ3) is 5.61. The van der Waals surface area contributed by atoms with Gasteiger partial charge in [0.05, 0.1) is 4.90 Å². The summed E-state index contributed by atoms with van der Waals surface area (Å²) in [4.78, 5) is 22.7. The molecule has 0 aliphatic rings. The number of nitrogens with one attached hydrogen (secondary N) is 1. The van der Waals surface area contributed by atoms with Gasteiger partial charge in [-0.3, -0.25) is 9.59 Å². The monoisotopic (exact) mass is 356 g/mol. The number of benzene rings is 1. The molecule has 0 aliphatic heterocycles. The molecule has 0 unspecified atom stereocenters. The lowest BCUT2D eigenvalue weighted by Gasteiger charge is -2.18. The minimum atomic E-state index is -3.48. The second-order valence-electron chi connectivity index (χ2n) is 5.02. The van der Waals surface area contributed by atoms with E-state index in [0.717, 1.165) is 5.56 Å². The van der Waals surface area contributed by atoms with Gasteiger partial charge in [-0.2, -0.15) is 4.31 Å². The molecule has 0 atom stereocenters. The standard InChI is InChI=1S/C16H24N2O5S/c1-4-16(20)23-12-15(19)17-11-13-7-9-14(10-8-13)24(21,22)18(5-2)6-3/h7-10H,4-6,11-12H2,1-3H3,(H,17,19). The highest BCUT2D eigenvalue weighted by Crippen LogP contribution is 2.16. The van der Waals surface area contributed by atoms with E-state index < -0.39 is 21.9 Å². The first-order valence-electron chi connectivity index (χ1n) is 7.86. The van der Waals surface area contributed by atoms with Crippen LogP contribution in [0.25, 0.3) is 0 Å². The van der Waals surface area contributed by atoms with Crippen LogP contribution in [0.4, 0.5) is 0 Å². The van der Waals surface area contributed by atoms with Crippen molar-refractivity contribution in [2.75, 3.05) is 19.7 Å². The van der Waals surface area contributed by atoms with Gasteiger partial charge in [-0.15, -0.1) is 0 Å². The minimum absolute atomic E-state index is 0.218. The fraction of sp³-hybridized carbons (Fsp3) is 0.500. The average Bonchev–Trinajstić information content (AvgIpc) is 2.58. The number of esters is 1. The number of nitrogens with zero attached hydrogens (tertiary/aromatic N) is 1. The summed E-state index contributed by atoms with van der Waals surface area (Å²) in [5.74, 6) is -0.840. The Bertz CT molecular complexity index is 652. The van der Waals surface area contributed by atoms with Crippen LogP contribution in [0.5, 0.6) is 0 Å². The van der Waals surface area contributed by atoms with Gasteiger partial charge < -0.3 is 10.1 Å². The Kier molecular flexibility index (Phi) is 7.87. The fourth-order valence-electron chi connectivity index (χ4n) is 1.99. The van der Waals surface area contributed by atoms with Gasteiger partial charge in [0.15, 0.2) is 6.61 Å². The summed E-state index contributed by atoms with van der Waals surface area (Å²) in [7, 11) is -3.48. The zero-order valence-corrected chi connectivity index (χ0v) is 15.1. The quantitative estimate of drug-likeness (QED) is 0.673. The maximum atomic E-state index is 12.4. The van der Waals surface area contributed by atoms with Crippen molar-refractivity contribution in [1.29, 1.82) is 0 Å². The van der Waals surface area contributed by atoms with Crippen LogP contribution in [0.3, 0.4) is 0 Å². The van der Waals surface area contributed by atoms with Crippen LogP contribution in [0.1, 0.15) is 32.8 Å². The first kappa shape index (κ1) is 20.1. The Morgan fingerprint density at radius 2 is 1.67 bits per heavy atom. The maximum Gasteiger partial charge on any atom is 0.306 e. The molecule has 24 heavy (non-hydrogen) atoms. The molecule has 0 aliphatic carbocycles. The van der Waals surface area contributed by atoms with Crippen molar-refractivity contribution in [3.8, 4) is 0 Å². The summed E-state index contributed by atoms with van der Waals surface area (Å²) in [5, 5.41) is 2.61. The Morgan fingerprint density at radius 1 is 1.08 bits per heavy atom. The summed E-state index contributed by atoms with van der Waals surface area (Å²) < 4.78 is 30.8. The van der Waals surface area contributed by atoms with Gasteiger partial charge >= 0.3 is 5.97 Å². The Morgan fingerprint density at radius 3 is 2.17 bits per heavy atom. The van der Waals surface area contributed by atoms with Crippen LogP contribution in [0, 0.1) is 0 Å². The van der Waals surface area contributed by atoms with Crippen molar-refractivity contribution >= 4 is 21.9 Å². The molecule has 0 aromatic heterocycles. The average molecular weight is 356 g/mol. The number of ether oxygens (including phenoxy) is 1. The fourth-order valence-corrected chi connectivity index (χ4v) is 3.45. The van der Waals surface area contributed by atoms with Crippen molar-refractivity contribution in [1.82, 2.24) is 9.62 Å². The zero-order chi connectivity index (χ0) is 18.2. The highest BCUT2D eigenvalue weighted by molar-refractivity contribution is 7.89. The van der Waals surface area contributed by atoms with E-state index in [4.69, 9.17) is 4.74 Å². The second-order valence-corrected chi connectivity index (χ2v) is 6.96. The molecule has 0 heterocycles. The molecular weight excluding hydrogens is 332 g/mol. The molecule has 0 saturated heterocycles. The van der Waals surface area contributed by atoms with Gasteiger partial charge in [-0.1, -0.05) is 32.9 Å². The summed E-state index contributed by atoms with van der Waals surface area (Å²) >= 11 is 0. The molecule has 1 amide bonds. The number of carbonyl (C=O) groups is 2. The highest BCUT2D eigenvalue weighted by Gasteiger charge is 2.21. The number of amides is 1. The third-order valence-corrected chi connectivity index (χ3v) is 5.47. The molecule has 0 spiro atoms. The molecule has 0 radical (unpaired) electrons. The molecule has 1 N–H and O–H groups in total. The lowest BCUT2D eigenvalue weighted by Crippen LogP contribution is -2.30. The zero-order valence-electron chi connectivity index (χ0n) is 14.2. The number of rotatable bonds is 9. The lowest BCUT2D eigenvalue weighted by atomic mass is 10.2. The van der Waals surface area contributed by atoms with E-state index in [-0.39, 0.29) is 24.5 Å². The smallest absolute Gasteiger partial charge is 0.306 e. The van der Waals surface area contributed by atoms with E-state index in [1.54, 1.807) is 32.9 Å². The topological polar surface area (TPSA) is 92.8 Å². The van der Waals surface area contributed by atoms with E-state index in [1.165, 1.54) is 16.4 Å². The van der Waals surface area contributed by atoms with Crippen LogP contribution in [-0.4, -0.2) is 44.3 Å². The van der Waals surface area contributed by atoms with E-state index in [0.29, 0.717) is 13.1 Å². The molecule has 8 heteroatoms. The molecule has 1 aromatic rings. The van der Waals surface area contributed by atoms with Crippen molar-refractivity contribution in [2.45, 2.75) is 38.6 Å². The van der Waals surface area contributed by atoms with Crippen molar-refractivity contribution in [3.05, 3.63) is 29.8 Å². The summed E-state index contributed by atoms with van der Waals surface area (Å²) in [5.41, 5.74) is 0.753. The van der Waals surface area contributed by atoms with Gasteiger partial charge in [0.2, 0.25) is 10.0 Å². The molecule has 0 saturated carbocycles. The van der Waals surface area contributed by atoms with Gasteiger partial charge in [0.1, 0.15) is 0 Å². The van der Waals surface area contributed by atoms with E-state index in [2.05, 4.69) is 5.32 Å². The van der Waals surface area contributed by atoms with Crippen LogP contribution in [0.2, 0.25) is 0 Å². The van der Waals surface area contributed by atoms with Crippen LogP contribution >= 0.6 is 0 Å². The predicted molar refractivity (Wildman–Crippen MR) is 89.6 cm³/mol. The number of hydrogen-bond acceptors (Lipinski definition) is 5. The SMILES string of the molecule is CCC(=O)OCC(=O)NCc1ccc(S(=O)(=O)N(CC)CC)cc1. The normalized spacial score (nSPS) is 11.3. The van der Waals surface area contributed by atoms with Crippen molar-refractivity contribution in [3.63, 3.8) is 0 Å². The predicted octanol–water partition coefficient (Wildman–Crippen LogP) is 1.29. The molecule has 134 valence electrons. The molecule has 1 rings (SSSR count). The highest BCUT2D eigenvalue weighted by atomic mass is 32.2. The van der Waals surface area contributed by atoms with Crippen molar-refractivity contribution < 1.29 is 22.7 Å². The summed E-state index contributed by atoms with van der Waals surface area (Å²) in [6.45, 7) is 5.95. The number of sulfonamides is 1. The third-order valence-electron chi connectivity index (χ3n) is 3.41. The Labute approximate surface area is 143 Å². The molecule has 0 bridgehead atoms. The second kappa shape index (κ2) is 9.39. The van der Waals surface area contributed by atoms with E-state index in [1.807, 2.05) is 0 Å². The molecule has 7 nitrogen and oxygen atoms in total. The lowest BCUT2D eigenvalue weighted by molar-refractivity contribution is -0.148. The van der Waals surface area contributed by atoms with E-state index >= 15 is 0 Å². The maximum absolute atomic E-state index is 12.4. The first-order valence-corrected chi connectivity index (χ1v) is 9.30. The summed E-state index contributed by atoms with van der Waals surface area (Å²) in [6.07, 6.45) is 0.218. The Hall–Kier alpha value is -1.93. The van der Waals surface area contributed by atoms with Gasteiger partial charge in [-0.25, -0.2) is 8.42 Å². The van der Waals surface area contributed by atoms with Crippen LogP contribution in [-0.2, 0) is 30.9 Å². The number of hydrogen-bond donors (Lipinski definition) is 1. The summed E-state index contributed by atoms with van der Waals surface area (Å²) in [6, 6.07) is 6.34. The minimum Gasteiger partial charge on any atom is -0.456 e.